The summed E-state index contributed by atoms with van der Waals surface area (Å²) in [5, 5.41) is 3.88. The first-order chi connectivity index (χ1) is 6.79. The van der Waals surface area contributed by atoms with Gasteiger partial charge in [0.15, 0.2) is 0 Å². The molecule has 15 heavy (non-hydrogen) atoms. The Labute approximate surface area is 87.8 Å². The zero-order valence-corrected chi connectivity index (χ0v) is 9.11. The number of anilines is 2. The quantitative estimate of drug-likeness (QED) is 0.607. The Kier molecular flexibility index (Phi) is 3.20. The van der Waals surface area contributed by atoms with E-state index >= 15 is 0 Å². The summed E-state index contributed by atoms with van der Waals surface area (Å²) in [5.41, 5.74) is 11.4. The number of nitrogens with two attached hydrogens (primary N) is 2. The van der Waals surface area contributed by atoms with E-state index in [4.69, 9.17) is 16.0 Å². The maximum atomic E-state index is 10.6. The highest BCUT2D eigenvalue weighted by atomic mass is 32.2. The van der Waals surface area contributed by atoms with Crippen molar-refractivity contribution in [3.05, 3.63) is 6.20 Å². The monoisotopic (exact) mass is 234 g/mol. The molecule has 1 aromatic heterocycles. The molecule has 5 N–H and O–H groups in total. The van der Waals surface area contributed by atoms with Gasteiger partial charge in [-0.15, -0.1) is 0 Å². The molecule has 1 rings (SSSR count). The lowest BCUT2D eigenvalue weighted by Crippen LogP contribution is -2.19. The molecule has 0 aliphatic rings. The molecular weight excluding hydrogens is 220 g/mol. The average molecular weight is 234 g/mol. The number of hydrogen-bond donors (Lipinski definition) is 3. The van der Waals surface area contributed by atoms with Crippen LogP contribution in [0, 0.1) is 5.92 Å². The number of aromatic nitrogens is 2. The SMILES string of the molecule is CC(Cn1ncc(N)c1N)CS(=O)(=O)O. The van der Waals surface area contributed by atoms with Crippen molar-refractivity contribution in [1.82, 2.24) is 9.78 Å². The van der Waals surface area contributed by atoms with Crippen molar-refractivity contribution in [2.45, 2.75) is 13.5 Å². The maximum absolute atomic E-state index is 10.6. The molecule has 0 fully saturated rings. The van der Waals surface area contributed by atoms with E-state index in [0.29, 0.717) is 18.1 Å². The third-order valence-electron chi connectivity index (χ3n) is 1.89. The van der Waals surface area contributed by atoms with E-state index in [-0.39, 0.29) is 11.7 Å². The largest absolute Gasteiger partial charge is 0.394 e. The van der Waals surface area contributed by atoms with Crippen molar-refractivity contribution >= 4 is 21.6 Å². The van der Waals surface area contributed by atoms with Crippen LogP contribution in [-0.4, -0.2) is 28.5 Å². The van der Waals surface area contributed by atoms with Crippen LogP contribution in [0.3, 0.4) is 0 Å². The summed E-state index contributed by atoms with van der Waals surface area (Å²) in [4.78, 5) is 0. The lowest BCUT2D eigenvalue weighted by molar-refractivity contribution is 0.443. The number of rotatable bonds is 4. The zero-order valence-electron chi connectivity index (χ0n) is 8.29. The molecular formula is C7H14N4O3S. The first kappa shape index (κ1) is 11.8. The van der Waals surface area contributed by atoms with E-state index in [0.717, 1.165) is 0 Å². The van der Waals surface area contributed by atoms with E-state index in [1.165, 1.54) is 10.9 Å². The van der Waals surface area contributed by atoms with Crippen molar-refractivity contribution in [1.29, 1.82) is 0 Å². The minimum absolute atomic E-state index is 0.290. The van der Waals surface area contributed by atoms with E-state index in [2.05, 4.69) is 5.10 Å². The molecule has 1 unspecified atom stereocenters. The molecule has 0 amide bonds. The zero-order chi connectivity index (χ0) is 11.6. The van der Waals surface area contributed by atoms with Gasteiger partial charge in [-0.05, 0) is 5.92 Å². The predicted octanol–water partition coefficient (Wildman–Crippen LogP) is -0.429. The Balaban J connectivity index is 2.67. The molecule has 0 aromatic carbocycles. The third kappa shape index (κ3) is 3.40. The van der Waals surface area contributed by atoms with Crippen LogP contribution in [0.2, 0.25) is 0 Å². The second-order valence-electron chi connectivity index (χ2n) is 3.52. The molecule has 0 bridgehead atoms. The van der Waals surface area contributed by atoms with Gasteiger partial charge in [0.1, 0.15) is 5.82 Å². The highest BCUT2D eigenvalue weighted by molar-refractivity contribution is 7.85. The van der Waals surface area contributed by atoms with Gasteiger partial charge in [0.25, 0.3) is 10.1 Å². The van der Waals surface area contributed by atoms with Gasteiger partial charge in [0.2, 0.25) is 0 Å². The molecule has 0 saturated carbocycles. The Morgan fingerprint density at radius 2 is 2.20 bits per heavy atom. The van der Waals surface area contributed by atoms with E-state index in [9.17, 15) is 8.42 Å². The van der Waals surface area contributed by atoms with Gasteiger partial charge >= 0.3 is 0 Å². The first-order valence-corrected chi connectivity index (χ1v) is 5.92. The van der Waals surface area contributed by atoms with Gasteiger partial charge in [-0.1, -0.05) is 6.92 Å². The van der Waals surface area contributed by atoms with Crippen LogP contribution in [-0.2, 0) is 16.7 Å². The minimum Gasteiger partial charge on any atom is -0.394 e. The van der Waals surface area contributed by atoms with Gasteiger partial charge in [0.05, 0.1) is 17.6 Å². The van der Waals surface area contributed by atoms with Crippen LogP contribution in [0.1, 0.15) is 6.92 Å². The highest BCUT2D eigenvalue weighted by Crippen LogP contribution is 2.14. The number of hydrogen-bond acceptors (Lipinski definition) is 5. The molecule has 1 aromatic rings. The van der Waals surface area contributed by atoms with Crippen molar-refractivity contribution in [2.24, 2.45) is 5.92 Å². The summed E-state index contributed by atoms with van der Waals surface area (Å²) in [6, 6.07) is 0. The summed E-state index contributed by atoms with van der Waals surface area (Å²) in [5.74, 6) is -0.314. The van der Waals surface area contributed by atoms with Crippen LogP contribution < -0.4 is 11.5 Å². The molecule has 0 radical (unpaired) electrons. The third-order valence-corrected chi connectivity index (χ3v) is 2.88. The second-order valence-corrected chi connectivity index (χ2v) is 5.02. The summed E-state index contributed by atoms with van der Waals surface area (Å²) in [6.07, 6.45) is 1.40. The number of nitrogens with zero attached hydrogens (tertiary/aromatic N) is 2. The van der Waals surface area contributed by atoms with Crippen molar-refractivity contribution in [2.75, 3.05) is 17.2 Å². The van der Waals surface area contributed by atoms with Gasteiger partial charge in [-0.25, -0.2) is 4.68 Å². The summed E-state index contributed by atoms with van der Waals surface area (Å²) >= 11 is 0. The van der Waals surface area contributed by atoms with Crippen LogP contribution in [0.25, 0.3) is 0 Å². The fraction of sp³-hybridized carbons (Fsp3) is 0.571. The molecule has 86 valence electrons. The molecule has 0 aliphatic heterocycles. The van der Waals surface area contributed by atoms with E-state index < -0.39 is 10.1 Å². The lowest BCUT2D eigenvalue weighted by atomic mass is 10.2. The Bertz CT molecular complexity index is 439. The van der Waals surface area contributed by atoms with Crippen molar-refractivity contribution < 1.29 is 13.0 Å². The Morgan fingerprint density at radius 3 is 2.60 bits per heavy atom. The van der Waals surface area contributed by atoms with Gasteiger partial charge in [0, 0.05) is 6.54 Å². The van der Waals surface area contributed by atoms with Crippen LogP contribution in [0.5, 0.6) is 0 Å². The number of nitrogen functional groups attached to an aromatic ring is 2. The minimum atomic E-state index is -3.96. The summed E-state index contributed by atoms with van der Waals surface area (Å²) < 4.78 is 31.2. The average Bonchev–Trinajstić information content (AvgIpc) is 2.32. The van der Waals surface area contributed by atoms with Crippen molar-refractivity contribution in [3.8, 4) is 0 Å². The molecule has 1 atom stereocenters. The molecule has 0 saturated heterocycles. The predicted molar refractivity (Wildman–Crippen MR) is 56.6 cm³/mol. The normalized spacial score (nSPS) is 14.0. The van der Waals surface area contributed by atoms with Crippen molar-refractivity contribution in [3.63, 3.8) is 0 Å². The fourth-order valence-electron chi connectivity index (χ4n) is 1.26. The molecule has 8 heteroatoms. The Morgan fingerprint density at radius 1 is 1.60 bits per heavy atom. The van der Waals surface area contributed by atoms with Crippen LogP contribution >= 0.6 is 0 Å². The van der Waals surface area contributed by atoms with Gasteiger partial charge in [-0.3, -0.25) is 4.55 Å². The van der Waals surface area contributed by atoms with Crippen LogP contribution in [0.4, 0.5) is 11.5 Å². The topological polar surface area (TPSA) is 124 Å². The van der Waals surface area contributed by atoms with E-state index in [1.54, 1.807) is 6.92 Å². The van der Waals surface area contributed by atoms with Gasteiger partial charge in [-0.2, -0.15) is 13.5 Å². The maximum Gasteiger partial charge on any atom is 0.265 e. The standard InChI is InChI=1S/C7H14N4O3S/c1-5(4-15(12,13)14)3-11-7(9)6(8)2-10-11/h2,5H,3-4,8-9H2,1H3,(H,12,13,14). The molecule has 0 aliphatic carbocycles. The first-order valence-electron chi connectivity index (χ1n) is 4.31. The molecule has 7 nitrogen and oxygen atoms in total. The van der Waals surface area contributed by atoms with E-state index in [1.807, 2.05) is 0 Å². The smallest absolute Gasteiger partial charge is 0.265 e. The van der Waals surface area contributed by atoms with Crippen LogP contribution in [0.15, 0.2) is 6.20 Å². The fourth-order valence-corrected chi connectivity index (χ4v) is 2.09. The summed E-state index contributed by atoms with van der Waals surface area (Å²) in [6.45, 7) is 1.97. The summed E-state index contributed by atoms with van der Waals surface area (Å²) in [7, 11) is -3.96. The lowest BCUT2D eigenvalue weighted by Gasteiger charge is -2.10. The highest BCUT2D eigenvalue weighted by Gasteiger charge is 2.14. The second kappa shape index (κ2) is 4.07. The molecule has 1 heterocycles. The van der Waals surface area contributed by atoms with Gasteiger partial charge < -0.3 is 11.5 Å². The Hall–Kier alpha value is -1.28. The molecule has 0 spiro atoms.